The molecular weight excluding hydrogens is 751 g/mol. The highest BCUT2D eigenvalue weighted by molar-refractivity contribution is 7.91. The number of hydrogen-bond donors (Lipinski definition) is 4. The van der Waals surface area contributed by atoms with E-state index in [-0.39, 0.29) is 55.1 Å². The molecule has 15 heteroatoms. The molecule has 0 spiro atoms. The Morgan fingerprint density at radius 3 is 2.49 bits per heavy atom. The SMILES string of the molecule is C=CCC(C)(NC(=O)C1CC2CN1C(=O)C(C1CCCC1)NC(=O)OC1CCCC1CCC=CCc1c([nH]c3ccccc3c1=O)O2)C(=O)NS(=O)(=O)C1(C)CC1. The summed E-state index contributed by atoms with van der Waals surface area (Å²) in [7, 11) is -4.04. The number of nitrogens with zero attached hydrogens (tertiary/aromatic N) is 1. The Morgan fingerprint density at radius 2 is 1.75 bits per heavy atom. The van der Waals surface area contributed by atoms with Crippen LogP contribution in [0.3, 0.4) is 0 Å². The molecule has 308 valence electrons. The fraction of sp³-hybridized carbons (Fsp3) is 0.595. The van der Waals surface area contributed by atoms with E-state index in [4.69, 9.17) is 9.47 Å². The van der Waals surface area contributed by atoms with Crippen LogP contribution in [0, 0.1) is 11.8 Å². The number of alkyl carbamates (subject to hydrolysis) is 1. The fourth-order valence-electron chi connectivity index (χ4n) is 8.99. The Morgan fingerprint density at radius 1 is 1.02 bits per heavy atom. The van der Waals surface area contributed by atoms with Gasteiger partial charge in [0.1, 0.15) is 29.8 Å². The summed E-state index contributed by atoms with van der Waals surface area (Å²) < 4.78 is 39.8. The number of hydrogen-bond acceptors (Lipinski definition) is 9. The van der Waals surface area contributed by atoms with E-state index >= 15 is 0 Å². The normalized spacial score (nSPS) is 27.8. The van der Waals surface area contributed by atoms with Gasteiger partial charge < -0.3 is 30.0 Å². The lowest BCUT2D eigenvalue weighted by Crippen LogP contribution is -2.62. The molecule has 1 aromatic carbocycles. The van der Waals surface area contributed by atoms with Gasteiger partial charge in [-0.15, -0.1) is 6.58 Å². The number of nitrogens with one attached hydrogen (secondary N) is 4. The van der Waals surface area contributed by atoms with Gasteiger partial charge in [0.2, 0.25) is 21.8 Å². The summed E-state index contributed by atoms with van der Waals surface area (Å²) in [5.74, 6) is -1.91. The lowest BCUT2D eigenvalue weighted by Gasteiger charge is -2.34. The van der Waals surface area contributed by atoms with Crippen LogP contribution in [0.25, 0.3) is 10.9 Å². The molecule has 0 radical (unpaired) electrons. The van der Waals surface area contributed by atoms with Crippen molar-refractivity contribution in [2.24, 2.45) is 11.8 Å². The lowest BCUT2D eigenvalue weighted by atomic mass is 9.95. The summed E-state index contributed by atoms with van der Waals surface area (Å²) in [6, 6.07) is 4.98. The number of aromatic amines is 1. The van der Waals surface area contributed by atoms with Gasteiger partial charge in [0.05, 0.1) is 22.4 Å². The van der Waals surface area contributed by atoms with Crippen molar-refractivity contribution in [3.63, 3.8) is 0 Å². The Kier molecular flexibility index (Phi) is 11.6. The second kappa shape index (κ2) is 16.3. The molecule has 3 heterocycles. The minimum atomic E-state index is -4.04. The highest BCUT2D eigenvalue weighted by Crippen LogP contribution is 2.42. The zero-order valence-corrected chi connectivity index (χ0v) is 33.7. The zero-order valence-electron chi connectivity index (χ0n) is 32.8. The number of aromatic nitrogens is 1. The topological polar surface area (TPSA) is 193 Å². The molecule has 5 aliphatic rings. The van der Waals surface area contributed by atoms with Crippen LogP contribution in [0.1, 0.15) is 103 Å². The summed E-state index contributed by atoms with van der Waals surface area (Å²) in [6.45, 7) is 6.65. The smallest absolute Gasteiger partial charge is 0.408 e. The first-order chi connectivity index (χ1) is 27.2. The van der Waals surface area contributed by atoms with E-state index in [1.54, 1.807) is 25.1 Å². The number of allylic oxidation sites excluding steroid dienone is 2. The minimum Gasteiger partial charge on any atom is -0.473 e. The van der Waals surface area contributed by atoms with Crippen LogP contribution in [0.4, 0.5) is 4.79 Å². The summed E-state index contributed by atoms with van der Waals surface area (Å²) in [6.07, 6.45) is 11.9. The van der Waals surface area contributed by atoms with Gasteiger partial charge in [0.15, 0.2) is 11.3 Å². The number of carbonyl (C=O) groups excluding carboxylic acids is 4. The Balaban J connectivity index is 1.24. The third-order valence-corrected chi connectivity index (χ3v) is 15.0. The van der Waals surface area contributed by atoms with Crippen molar-refractivity contribution < 1.29 is 37.1 Å². The number of ether oxygens (including phenoxy) is 2. The molecule has 1 aromatic heterocycles. The molecule has 4 N–H and O–H groups in total. The van der Waals surface area contributed by atoms with Gasteiger partial charge in [-0.05, 0) is 108 Å². The van der Waals surface area contributed by atoms with E-state index in [9.17, 15) is 32.4 Å². The van der Waals surface area contributed by atoms with Crippen molar-refractivity contribution in [3.8, 4) is 5.88 Å². The van der Waals surface area contributed by atoms with Crippen LogP contribution in [0.5, 0.6) is 5.88 Å². The van der Waals surface area contributed by atoms with E-state index in [1.807, 2.05) is 18.2 Å². The molecule has 2 aliphatic heterocycles. The number of benzene rings is 1. The maximum Gasteiger partial charge on any atom is 0.408 e. The van der Waals surface area contributed by atoms with Crippen LogP contribution in [-0.4, -0.2) is 83.2 Å². The first kappa shape index (κ1) is 40.5. The summed E-state index contributed by atoms with van der Waals surface area (Å²) >= 11 is 0. The number of para-hydroxylation sites is 1. The van der Waals surface area contributed by atoms with Crippen molar-refractivity contribution in [1.82, 2.24) is 25.2 Å². The van der Waals surface area contributed by atoms with Gasteiger partial charge in [-0.1, -0.05) is 43.2 Å². The van der Waals surface area contributed by atoms with E-state index in [2.05, 4.69) is 26.9 Å². The van der Waals surface area contributed by atoms with Gasteiger partial charge in [-0.3, -0.25) is 23.9 Å². The van der Waals surface area contributed by atoms with Crippen molar-refractivity contribution in [2.75, 3.05) is 6.54 Å². The van der Waals surface area contributed by atoms with Gasteiger partial charge in [0, 0.05) is 11.8 Å². The van der Waals surface area contributed by atoms with E-state index < -0.39 is 62.3 Å². The molecule has 4 amide bonds. The Hall–Kier alpha value is -4.66. The van der Waals surface area contributed by atoms with Gasteiger partial charge in [-0.2, -0.15) is 0 Å². The number of H-pyrrole nitrogens is 1. The highest BCUT2D eigenvalue weighted by atomic mass is 32.2. The van der Waals surface area contributed by atoms with Gasteiger partial charge >= 0.3 is 6.09 Å². The molecule has 14 nitrogen and oxygen atoms in total. The first-order valence-electron chi connectivity index (χ1n) is 20.4. The lowest BCUT2D eigenvalue weighted by molar-refractivity contribution is -0.142. The number of amides is 4. The number of pyridine rings is 1. The Labute approximate surface area is 333 Å². The molecule has 57 heavy (non-hydrogen) atoms. The second-order valence-electron chi connectivity index (χ2n) is 17.0. The predicted octanol–water partition coefficient (Wildman–Crippen LogP) is 4.67. The van der Waals surface area contributed by atoms with Gasteiger partial charge in [0.25, 0.3) is 5.91 Å². The van der Waals surface area contributed by atoms with Crippen molar-refractivity contribution in [1.29, 1.82) is 0 Å². The quantitative estimate of drug-likeness (QED) is 0.275. The van der Waals surface area contributed by atoms with Crippen LogP contribution >= 0.6 is 0 Å². The van der Waals surface area contributed by atoms with Crippen LogP contribution < -0.4 is 25.5 Å². The maximum absolute atomic E-state index is 14.9. The zero-order chi connectivity index (χ0) is 40.5. The summed E-state index contributed by atoms with van der Waals surface area (Å²) in [5.41, 5.74) is -0.945. The highest BCUT2D eigenvalue weighted by Gasteiger charge is 2.53. The van der Waals surface area contributed by atoms with E-state index in [0.29, 0.717) is 42.1 Å². The minimum absolute atomic E-state index is 0.0184. The predicted molar refractivity (Wildman–Crippen MR) is 214 cm³/mol. The van der Waals surface area contributed by atoms with E-state index in [1.165, 1.54) is 17.9 Å². The molecule has 3 aliphatic carbocycles. The average molecular weight is 806 g/mol. The van der Waals surface area contributed by atoms with Crippen molar-refractivity contribution in [2.45, 2.75) is 138 Å². The molecule has 6 atom stereocenters. The monoisotopic (exact) mass is 805 g/mol. The first-order valence-corrected chi connectivity index (χ1v) is 21.9. The largest absolute Gasteiger partial charge is 0.473 e. The van der Waals surface area contributed by atoms with Gasteiger partial charge in [-0.25, -0.2) is 13.2 Å². The van der Waals surface area contributed by atoms with E-state index in [0.717, 1.165) is 44.9 Å². The summed E-state index contributed by atoms with van der Waals surface area (Å²) in [4.78, 5) is 75.3. The van der Waals surface area contributed by atoms with Crippen LogP contribution in [0.2, 0.25) is 0 Å². The molecule has 6 unspecified atom stereocenters. The third kappa shape index (κ3) is 8.49. The van der Waals surface area contributed by atoms with Crippen LogP contribution in [0.15, 0.2) is 53.9 Å². The fourth-order valence-corrected chi connectivity index (χ4v) is 10.4. The molecule has 4 fully saturated rings. The molecule has 7 rings (SSSR count). The summed E-state index contributed by atoms with van der Waals surface area (Å²) in [5, 5.41) is 6.19. The molecule has 2 aromatic rings. The standard InChI is InChI=1S/C42H55N5O9S/c1-4-21-42(3,39(51)46-57(53,54)41(2)22-23-41)45-36(49)32-24-28-25-47(32)38(50)34(27-14-8-9-15-27)44-40(52)56-33-20-12-16-26(33)13-6-5-7-18-30-35(48)29-17-10-11-19-31(29)43-37(30)55-28/h4-5,7,10-11,17,19,26-28,32-34H,1,6,8-9,12-16,18,20-25H2,2-3H3,(H,43,48)(H,44,52)(H,45,49)(H,46,51). The van der Waals surface area contributed by atoms with Crippen molar-refractivity contribution >= 4 is 44.7 Å². The average Bonchev–Trinajstić information content (AvgIpc) is 3.53. The molecule has 2 bridgehead atoms. The van der Waals surface area contributed by atoms with Crippen molar-refractivity contribution in [3.05, 3.63) is 64.9 Å². The molecular formula is C42H55N5O9S. The maximum atomic E-state index is 14.9. The molecule has 1 saturated heterocycles. The molecule has 3 saturated carbocycles. The number of carbonyl (C=O) groups is 4. The second-order valence-corrected chi connectivity index (χ2v) is 19.2. The number of fused-ring (bicyclic) bond motifs is 5. The third-order valence-electron chi connectivity index (χ3n) is 12.8. The number of rotatable bonds is 8. The van der Waals surface area contributed by atoms with Crippen LogP contribution in [-0.2, 0) is 35.6 Å². The Bertz CT molecular complexity index is 2110. The number of sulfonamides is 1.